The highest BCUT2D eigenvalue weighted by atomic mass is 35.5. The number of halogens is 1. The third-order valence-corrected chi connectivity index (χ3v) is 2.37. The topological polar surface area (TPSA) is 64.9 Å². The Kier molecular flexibility index (Phi) is 2.13. The minimum Gasteiger partial charge on any atom is -0.365 e. The zero-order valence-electron chi connectivity index (χ0n) is 7.49. The fourth-order valence-electron chi connectivity index (χ4n) is 1.16. The number of benzene rings is 1. The van der Waals surface area contributed by atoms with Gasteiger partial charge in [-0.2, -0.15) is 4.98 Å². The molecular weight excluding hydrogens is 202 g/mol. The second-order valence-electron chi connectivity index (χ2n) is 2.89. The van der Waals surface area contributed by atoms with Crippen LogP contribution < -0.4 is 5.73 Å². The van der Waals surface area contributed by atoms with E-state index in [-0.39, 0.29) is 5.95 Å². The van der Waals surface area contributed by atoms with Crippen molar-refractivity contribution in [3.63, 3.8) is 0 Å². The van der Waals surface area contributed by atoms with Crippen LogP contribution in [0.15, 0.2) is 22.7 Å². The molecule has 4 nitrogen and oxygen atoms in total. The van der Waals surface area contributed by atoms with Crippen LogP contribution in [0.2, 0.25) is 5.02 Å². The highest BCUT2D eigenvalue weighted by Crippen LogP contribution is 2.29. The number of nitrogens with two attached hydrogens (primary N) is 1. The molecule has 1 heterocycles. The van der Waals surface area contributed by atoms with Gasteiger partial charge >= 0.3 is 0 Å². The minimum atomic E-state index is 0.109. The lowest BCUT2D eigenvalue weighted by Gasteiger charge is -2.00. The van der Waals surface area contributed by atoms with Crippen LogP contribution >= 0.6 is 11.6 Å². The summed E-state index contributed by atoms with van der Waals surface area (Å²) in [5, 5.41) is 4.10. The van der Waals surface area contributed by atoms with Crippen molar-refractivity contribution in [1.29, 1.82) is 0 Å². The van der Waals surface area contributed by atoms with Crippen molar-refractivity contribution in [2.75, 3.05) is 5.73 Å². The van der Waals surface area contributed by atoms with E-state index in [9.17, 15) is 0 Å². The average molecular weight is 210 g/mol. The number of rotatable bonds is 1. The molecule has 0 aliphatic rings. The first kappa shape index (κ1) is 9.02. The normalized spacial score (nSPS) is 10.4. The Labute approximate surface area is 85.7 Å². The Balaban J connectivity index is 2.57. The Bertz CT molecular complexity index is 467. The van der Waals surface area contributed by atoms with Crippen molar-refractivity contribution in [3.05, 3.63) is 28.8 Å². The zero-order valence-corrected chi connectivity index (χ0v) is 8.25. The number of nitrogen functional groups attached to an aromatic ring is 1. The molecule has 5 heteroatoms. The molecule has 0 saturated carbocycles. The van der Waals surface area contributed by atoms with Crippen LogP contribution in [0, 0.1) is 6.92 Å². The van der Waals surface area contributed by atoms with Gasteiger partial charge in [-0.25, -0.2) is 0 Å². The van der Waals surface area contributed by atoms with E-state index < -0.39 is 0 Å². The van der Waals surface area contributed by atoms with E-state index in [0.717, 1.165) is 5.56 Å². The Hall–Kier alpha value is -1.55. The van der Waals surface area contributed by atoms with Crippen molar-refractivity contribution >= 4 is 17.5 Å². The fraction of sp³-hybridized carbons (Fsp3) is 0.111. The summed E-state index contributed by atoms with van der Waals surface area (Å²) in [6.07, 6.45) is 0. The third kappa shape index (κ3) is 1.44. The molecule has 0 aliphatic carbocycles. The van der Waals surface area contributed by atoms with Crippen molar-refractivity contribution in [2.45, 2.75) is 6.92 Å². The highest BCUT2D eigenvalue weighted by molar-refractivity contribution is 6.33. The predicted octanol–water partition coefficient (Wildman–Crippen LogP) is 2.28. The van der Waals surface area contributed by atoms with Gasteiger partial charge in [0.1, 0.15) is 0 Å². The lowest BCUT2D eigenvalue weighted by atomic mass is 10.1. The van der Waals surface area contributed by atoms with E-state index in [1.165, 1.54) is 0 Å². The van der Waals surface area contributed by atoms with E-state index in [1.54, 1.807) is 0 Å². The quantitative estimate of drug-likeness (QED) is 0.783. The molecule has 0 atom stereocenters. The molecule has 14 heavy (non-hydrogen) atoms. The smallest absolute Gasteiger partial charge is 0.261 e. The minimum absolute atomic E-state index is 0.109. The van der Waals surface area contributed by atoms with Crippen molar-refractivity contribution < 1.29 is 4.52 Å². The SMILES string of the molecule is Cc1cccc(-c2nc(N)no2)c1Cl. The van der Waals surface area contributed by atoms with Gasteiger partial charge in [-0.1, -0.05) is 23.7 Å². The van der Waals surface area contributed by atoms with Crippen LogP contribution in [0.25, 0.3) is 11.5 Å². The zero-order chi connectivity index (χ0) is 10.1. The van der Waals surface area contributed by atoms with Crippen LogP contribution in [-0.2, 0) is 0 Å². The van der Waals surface area contributed by atoms with Gasteiger partial charge in [-0.3, -0.25) is 0 Å². The lowest BCUT2D eigenvalue weighted by Crippen LogP contribution is -1.86. The van der Waals surface area contributed by atoms with Crippen LogP contribution in [0.3, 0.4) is 0 Å². The Morgan fingerprint density at radius 3 is 2.86 bits per heavy atom. The van der Waals surface area contributed by atoms with Gasteiger partial charge in [0, 0.05) is 0 Å². The van der Waals surface area contributed by atoms with E-state index >= 15 is 0 Å². The molecular formula is C9H8ClN3O. The van der Waals surface area contributed by atoms with Crippen LogP contribution in [0.1, 0.15) is 5.56 Å². The molecule has 0 aliphatic heterocycles. The standard InChI is InChI=1S/C9H8ClN3O/c1-5-3-2-4-6(7(5)10)8-12-9(11)13-14-8/h2-4H,1H3,(H2,11,13). The first-order valence-electron chi connectivity index (χ1n) is 4.03. The molecule has 0 unspecified atom stereocenters. The summed E-state index contributed by atoms with van der Waals surface area (Å²) in [5.74, 6) is 0.453. The second-order valence-corrected chi connectivity index (χ2v) is 3.27. The number of hydrogen-bond acceptors (Lipinski definition) is 4. The maximum atomic E-state index is 6.07. The van der Waals surface area contributed by atoms with E-state index in [4.69, 9.17) is 21.9 Å². The van der Waals surface area contributed by atoms with Gasteiger partial charge in [0.15, 0.2) is 0 Å². The summed E-state index contributed by atoms with van der Waals surface area (Å²) in [6.45, 7) is 1.91. The van der Waals surface area contributed by atoms with Gasteiger partial charge in [-0.05, 0) is 23.7 Å². The number of aryl methyl sites for hydroxylation is 1. The molecule has 0 bridgehead atoms. The summed E-state index contributed by atoms with van der Waals surface area (Å²) in [7, 11) is 0. The second kappa shape index (κ2) is 3.31. The molecule has 1 aromatic carbocycles. The monoisotopic (exact) mass is 209 g/mol. The first-order valence-corrected chi connectivity index (χ1v) is 4.41. The van der Waals surface area contributed by atoms with Gasteiger partial charge in [0.05, 0.1) is 10.6 Å². The highest BCUT2D eigenvalue weighted by Gasteiger charge is 2.11. The Morgan fingerprint density at radius 2 is 2.21 bits per heavy atom. The molecule has 0 saturated heterocycles. The third-order valence-electron chi connectivity index (χ3n) is 1.86. The largest absolute Gasteiger partial charge is 0.365 e. The van der Waals surface area contributed by atoms with Crippen LogP contribution in [0.4, 0.5) is 5.95 Å². The number of aromatic nitrogens is 2. The summed E-state index contributed by atoms with van der Waals surface area (Å²) < 4.78 is 4.92. The summed E-state index contributed by atoms with van der Waals surface area (Å²) in [4.78, 5) is 3.90. The summed E-state index contributed by atoms with van der Waals surface area (Å²) >= 11 is 6.07. The van der Waals surface area contributed by atoms with Crippen molar-refractivity contribution in [1.82, 2.24) is 10.1 Å². The molecule has 72 valence electrons. The van der Waals surface area contributed by atoms with Crippen molar-refractivity contribution in [2.24, 2.45) is 0 Å². The maximum absolute atomic E-state index is 6.07. The number of anilines is 1. The molecule has 1 aromatic heterocycles. The first-order chi connectivity index (χ1) is 6.68. The number of hydrogen-bond donors (Lipinski definition) is 1. The van der Waals surface area contributed by atoms with E-state index in [2.05, 4.69) is 10.1 Å². The van der Waals surface area contributed by atoms with Gasteiger partial charge in [0.2, 0.25) is 0 Å². The molecule has 0 radical (unpaired) electrons. The predicted molar refractivity (Wildman–Crippen MR) is 53.9 cm³/mol. The van der Waals surface area contributed by atoms with E-state index in [0.29, 0.717) is 16.5 Å². The van der Waals surface area contributed by atoms with E-state index in [1.807, 2.05) is 25.1 Å². The van der Waals surface area contributed by atoms with Gasteiger partial charge in [-0.15, -0.1) is 0 Å². The fourth-order valence-corrected chi connectivity index (χ4v) is 1.36. The Morgan fingerprint density at radius 1 is 1.43 bits per heavy atom. The summed E-state index contributed by atoms with van der Waals surface area (Å²) in [6, 6.07) is 5.59. The molecule has 0 spiro atoms. The molecule has 0 amide bonds. The molecule has 2 N–H and O–H groups in total. The van der Waals surface area contributed by atoms with Gasteiger partial charge < -0.3 is 10.3 Å². The maximum Gasteiger partial charge on any atom is 0.261 e. The molecule has 0 fully saturated rings. The molecule has 2 rings (SSSR count). The van der Waals surface area contributed by atoms with Crippen molar-refractivity contribution in [3.8, 4) is 11.5 Å². The lowest BCUT2D eigenvalue weighted by molar-refractivity contribution is 0.433. The van der Waals surface area contributed by atoms with Gasteiger partial charge in [0.25, 0.3) is 11.8 Å². The summed E-state index contributed by atoms with van der Waals surface area (Å²) in [5.41, 5.74) is 7.01. The molecule has 2 aromatic rings. The van der Waals surface area contributed by atoms with Crippen LogP contribution in [-0.4, -0.2) is 10.1 Å². The average Bonchev–Trinajstić information content (AvgIpc) is 2.57. The number of nitrogens with zero attached hydrogens (tertiary/aromatic N) is 2. The van der Waals surface area contributed by atoms with Crippen LogP contribution in [0.5, 0.6) is 0 Å².